The van der Waals surface area contributed by atoms with Crippen molar-refractivity contribution in [2.75, 3.05) is 52.9 Å². The first-order valence-electron chi connectivity index (χ1n) is 27.2. The molecule has 6 aromatic rings. The van der Waals surface area contributed by atoms with E-state index < -0.39 is 5.97 Å². The molecule has 8 nitrogen and oxygen atoms in total. The summed E-state index contributed by atoms with van der Waals surface area (Å²) in [6.07, 6.45) is 2.40. The van der Waals surface area contributed by atoms with Crippen LogP contribution in [0.3, 0.4) is 0 Å². The lowest BCUT2D eigenvalue weighted by Gasteiger charge is -2.32. The zero-order chi connectivity index (χ0) is 54.3. The first kappa shape index (κ1) is 55.4. The van der Waals surface area contributed by atoms with Gasteiger partial charge in [0.2, 0.25) is 0 Å². The summed E-state index contributed by atoms with van der Waals surface area (Å²) in [7, 11) is 0. The van der Waals surface area contributed by atoms with Gasteiger partial charge in [0.05, 0.1) is 26.4 Å². The average Bonchev–Trinajstić information content (AvgIpc) is 3.30. The van der Waals surface area contributed by atoms with Crippen molar-refractivity contribution in [2.24, 2.45) is 0 Å². The van der Waals surface area contributed by atoms with E-state index in [1.165, 1.54) is 38.9 Å². The number of ether oxygens (including phenoxy) is 6. The highest BCUT2D eigenvalue weighted by Gasteiger charge is 2.31. The number of carboxylic acids is 1. The van der Waals surface area contributed by atoms with E-state index >= 15 is 0 Å². The van der Waals surface area contributed by atoms with Gasteiger partial charge in [-0.25, -0.2) is 4.79 Å². The fraction of sp³-hybridized carbons (Fsp3) is 0.478. The van der Waals surface area contributed by atoms with Crippen molar-refractivity contribution in [1.29, 1.82) is 0 Å². The molecule has 1 aliphatic heterocycles. The molecule has 10 bridgehead atoms. The van der Waals surface area contributed by atoms with Crippen molar-refractivity contribution < 1.29 is 38.3 Å². The zero-order valence-corrected chi connectivity index (χ0v) is 47.9. The molecule has 0 amide bonds. The molecule has 2 aliphatic rings. The van der Waals surface area contributed by atoms with E-state index in [9.17, 15) is 9.90 Å². The second-order valence-corrected chi connectivity index (χ2v) is 26.1. The van der Waals surface area contributed by atoms with Crippen LogP contribution in [0.4, 0.5) is 0 Å². The minimum absolute atomic E-state index is 0.120. The van der Waals surface area contributed by atoms with Crippen LogP contribution in [0.5, 0.6) is 23.0 Å². The SMILES string of the molecule is CC(C)(C)c1cc2c3c(c1)Cc1cc(C(C)(C)C)cc(c1OCCOc1cc4ccccc4cc1C(=O)O)Cc1cc(C(C)(C)C)cc(c1C(C)(C)C)Cc1cc(C(C)(C)C)cc(c1OCCOCCOCCO3)C2. The fourth-order valence-electron chi connectivity index (χ4n) is 10.7. The summed E-state index contributed by atoms with van der Waals surface area (Å²) in [4.78, 5) is 12.6. The van der Waals surface area contributed by atoms with Crippen LogP contribution in [0.15, 0.2) is 84.9 Å². The standard InChI is InChI=1S/C67H84O8/c1-63(2,3)52-32-44-28-46-34-53(64(4,5)6)36-48-30-50-38-55(66(10,11)12)39-51(61(50)74-25-23-71-21-20-70-22-24-73-59(46)48)31-49-37-54(65(7,8)9)35-47(29-45(33-52)58(44)67(13,14)15)60(49)75-27-26-72-57-41-43-19-17-16-18-42(43)40-56(57)62(68)69/h16-19,32-41H,20-31H2,1-15H3,(H,68,69). The predicted molar refractivity (Wildman–Crippen MR) is 305 cm³/mol. The largest absolute Gasteiger partial charge is 0.491 e. The highest BCUT2D eigenvalue weighted by atomic mass is 16.6. The third-order valence-electron chi connectivity index (χ3n) is 14.8. The van der Waals surface area contributed by atoms with Crippen LogP contribution < -0.4 is 18.9 Å². The number of carboxylic acid groups (broad SMARTS) is 1. The van der Waals surface area contributed by atoms with Crippen LogP contribution in [0.1, 0.15) is 187 Å². The number of hydrogen-bond acceptors (Lipinski definition) is 7. The van der Waals surface area contributed by atoms with Crippen LogP contribution in [-0.4, -0.2) is 63.9 Å². The minimum Gasteiger partial charge on any atom is -0.491 e. The molecule has 1 N–H and O–H groups in total. The quantitative estimate of drug-likeness (QED) is 0.165. The van der Waals surface area contributed by atoms with Gasteiger partial charge < -0.3 is 33.5 Å². The maximum atomic E-state index is 12.6. The van der Waals surface area contributed by atoms with Gasteiger partial charge in [0.15, 0.2) is 0 Å². The molecule has 0 spiro atoms. The summed E-state index contributed by atoms with van der Waals surface area (Å²) >= 11 is 0. The molecule has 1 heterocycles. The third kappa shape index (κ3) is 13.1. The molecule has 0 saturated carbocycles. The van der Waals surface area contributed by atoms with Crippen molar-refractivity contribution in [2.45, 2.75) is 157 Å². The first-order chi connectivity index (χ1) is 35.1. The topological polar surface area (TPSA) is 92.7 Å². The predicted octanol–water partition coefficient (Wildman–Crippen LogP) is 15.0. The number of hydrogen-bond donors (Lipinski definition) is 1. The van der Waals surface area contributed by atoms with Crippen LogP contribution >= 0.6 is 0 Å². The lowest BCUT2D eigenvalue weighted by atomic mass is 9.73. The van der Waals surface area contributed by atoms with Gasteiger partial charge in [0.1, 0.15) is 55.0 Å². The Kier molecular flexibility index (Phi) is 16.0. The Morgan fingerprint density at radius 3 is 1.20 bits per heavy atom. The summed E-state index contributed by atoms with van der Waals surface area (Å²) in [6.45, 7) is 37.5. The van der Waals surface area contributed by atoms with E-state index in [1.54, 1.807) is 6.07 Å². The molecule has 0 aromatic heterocycles. The normalized spacial score (nSPS) is 15.2. The monoisotopic (exact) mass is 1020 g/mol. The molecule has 6 aromatic carbocycles. The van der Waals surface area contributed by atoms with E-state index in [-0.39, 0.29) is 45.9 Å². The number of fused-ring (bicyclic) bond motifs is 5. The second-order valence-electron chi connectivity index (χ2n) is 26.1. The summed E-state index contributed by atoms with van der Waals surface area (Å²) in [5.41, 5.74) is 14.6. The average molecular weight is 1020 g/mol. The van der Waals surface area contributed by atoms with Gasteiger partial charge >= 0.3 is 5.97 Å². The van der Waals surface area contributed by atoms with Crippen LogP contribution in [-0.2, 0) is 62.2 Å². The first-order valence-corrected chi connectivity index (χ1v) is 27.2. The number of benzene rings is 6. The minimum atomic E-state index is -1.04. The van der Waals surface area contributed by atoms with E-state index in [1.807, 2.05) is 30.3 Å². The van der Waals surface area contributed by atoms with Crippen LogP contribution in [0.25, 0.3) is 10.8 Å². The molecular formula is C67H84O8. The number of rotatable bonds is 6. The molecule has 0 radical (unpaired) electrons. The van der Waals surface area contributed by atoms with E-state index in [4.69, 9.17) is 28.4 Å². The van der Waals surface area contributed by atoms with Crippen LogP contribution in [0.2, 0.25) is 0 Å². The van der Waals surface area contributed by atoms with Crippen molar-refractivity contribution in [3.63, 3.8) is 0 Å². The maximum absolute atomic E-state index is 12.6. The molecule has 0 unspecified atom stereocenters. The Hall–Kier alpha value is -5.83. The molecule has 8 heteroatoms. The van der Waals surface area contributed by atoms with Crippen molar-refractivity contribution >= 4 is 16.7 Å². The molecule has 0 saturated heterocycles. The summed E-state index contributed by atoms with van der Waals surface area (Å²) in [5, 5.41) is 12.1. The summed E-state index contributed by atoms with van der Waals surface area (Å²) in [6, 6.07) is 30.4. The number of carbonyl (C=O) groups is 1. The van der Waals surface area contributed by atoms with Gasteiger partial charge in [-0.05, 0) is 122 Å². The van der Waals surface area contributed by atoms with Crippen molar-refractivity contribution in [3.05, 3.63) is 163 Å². The Bertz CT molecular complexity index is 3050. The second kappa shape index (κ2) is 21.7. The van der Waals surface area contributed by atoms with Crippen molar-refractivity contribution in [3.8, 4) is 23.0 Å². The Labute approximate surface area is 448 Å². The molecule has 0 atom stereocenters. The molecule has 1 aliphatic carbocycles. The summed E-state index contributed by atoms with van der Waals surface area (Å²) in [5.74, 6) is 1.85. The summed E-state index contributed by atoms with van der Waals surface area (Å²) < 4.78 is 39.9. The van der Waals surface area contributed by atoms with Gasteiger partial charge in [-0.1, -0.05) is 177 Å². The highest BCUT2D eigenvalue weighted by Crippen LogP contribution is 2.45. The lowest BCUT2D eigenvalue weighted by Crippen LogP contribution is -2.22. The highest BCUT2D eigenvalue weighted by molar-refractivity contribution is 5.97. The molecule has 400 valence electrons. The lowest BCUT2D eigenvalue weighted by molar-refractivity contribution is 0.0273. The van der Waals surface area contributed by atoms with Gasteiger partial charge in [0, 0.05) is 25.7 Å². The van der Waals surface area contributed by atoms with Gasteiger partial charge in [0.25, 0.3) is 0 Å². The van der Waals surface area contributed by atoms with Gasteiger partial charge in [-0.3, -0.25) is 0 Å². The van der Waals surface area contributed by atoms with Crippen molar-refractivity contribution in [1.82, 2.24) is 0 Å². The molecular weight excluding hydrogens is 933 g/mol. The van der Waals surface area contributed by atoms with E-state index in [0.717, 1.165) is 61.4 Å². The fourth-order valence-corrected chi connectivity index (χ4v) is 10.7. The van der Waals surface area contributed by atoms with E-state index in [2.05, 4.69) is 152 Å². The van der Waals surface area contributed by atoms with Gasteiger partial charge in [-0.15, -0.1) is 0 Å². The third-order valence-corrected chi connectivity index (χ3v) is 14.8. The number of aromatic carboxylic acids is 1. The molecule has 8 rings (SSSR count). The van der Waals surface area contributed by atoms with E-state index in [0.29, 0.717) is 71.1 Å². The Morgan fingerprint density at radius 1 is 0.440 bits per heavy atom. The molecule has 0 fully saturated rings. The Balaban J connectivity index is 1.42. The zero-order valence-electron chi connectivity index (χ0n) is 47.9. The smallest absolute Gasteiger partial charge is 0.339 e. The maximum Gasteiger partial charge on any atom is 0.339 e. The Morgan fingerprint density at radius 2 is 0.787 bits per heavy atom. The molecule has 75 heavy (non-hydrogen) atoms. The van der Waals surface area contributed by atoms with Crippen LogP contribution in [0, 0.1) is 0 Å². The van der Waals surface area contributed by atoms with Gasteiger partial charge in [-0.2, -0.15) is 0 Å².